The number of carbonyl (C=O) groups is 2. The second-order valence-corrected chi connectivity index (χ2v) is 11.4. The maximum atomic E-state index is 14.0. The molecule has 0 saturated carbocycles. The lowest BCUT2D eigenvalue weighted by Gasteiger charge is -2.33. The van der Waals surface area contributed by atoms with Crippen molar-refractivity contribution in [3.05, 3.63) is 94.5 Å². The summed E-state index contributed by atoms with van der Waals surface area (Å²) in [7, 11) is -4.14. The zero-order valence-corrected chi connectivity index (χ0v) is 23.7. The summed E-state index contributed by atoms with van der Waals surface area (Å²) in [6, 6.07) is 19.8. The number of nitrogens with one attached hydrogen (secondary N) is 1. The summed E-state index contributed by atoms with van der Waals surface area (Å²) < 4.78 is 28.8. The quantitative estimate of drug-likeness (QED) is 0.357. The lowest BCUT2D eigenvalue weighted by Crippen LogP contribution is -2.52. The maximum absolute atomic E-state index is 14.0. The lowest BCUT2D eigenvalue weighted by atomic mass is 10.1. The Kier molecular flexibility index (Phi) is 9.94. The van der Waals surface area contributed by atoms with Gasteiger partial charge in [0, 0.05) is 18.1 Å². The molecule has 0 radical (unpaired) electrons. The van der Waals surface area contributed by atoms with Gasteiger partial charge in [-0.05, 0) is 62.6 Å². The fourth-order valence-corrected chi connectivity index (χ4v) is 5.96. The van der Waals surface area contributed by atoms with Gasteiger partial charge in [0.05, 0.1) is 10.6 Å². The summed E-state index contributed by atoms with van der Waals surface area (Å²) >= 11 is 6.26. The van der Waals surface area contributed by atoms with Gasteiger partial charge in [0.1, 0.15) is 12.6 Å². The molecule has 202 valence electrons. The van der Waals surface area contributed by atoms with Crippen molar-refractivity contribution in [2.45, 2.75) is 51.6 Å². The normalized spacial score (nSPS) is 12.0. The summed E-state index contributed by atoms with van der Waals surface area (Å²) in [6.45, 7) is 7.43. The Morgan fingerprint density at radius 1 is 0.947 bits per heavy atom. The molecule has 0 heterocycles. The molecule has 0 aliphatic rings. The smallest absolute Gasteiger partial charge is 0.264 e. The van der Waals surface area contributed by atoms with Gasteiger partial charge in [-0.25, -0.2) is 8.42 Å². The van der Waals surface area contributed by atoms with Crippen LogP contribution in [0.4, 0.5) is 5.69 Å². The minimum Gasteiger partial charge on any atom is -0.355 e. The van der Waals surface area contributed by atoms with Crippen LogP contribution in [0.3, 0.4) is 0 Å². The minimum absolute atomic E-state index is 0.0492. The van der Waals surface area contributed by atoms with Crippen LogP contribution >= 0.6 is 11.6 Å². The van der Waals surface area contributed by atoms with Crippen LogP contribution in [0.5, 0.6) is 0 Å². The molecule has 2 amide bonds. The summed E-state index contributed by atoms with van der Waals surface area (Å²) in [5, 5.41) is 3.15. The highest BCUT2D eigenvalue weighted by atomic mass is 35.5. The van der Waals surface area contributed by atoms with E-state index in [0.29, 0.717) is 29.2 Å². The number of nitrogens with zero attached hydrogens (tertiary/aromatic N) is 2. The molecule has 9 heteroatoms. The van der Waals surface area contributed by atoms with Crippen LogP contribution in [0.25, 0.3) is 0 Å². The monoisotopic (exact) mass is 555 g/mol. The molecule has 38 heavy (non-hydrogen) atoms. The third-order valence-electron chi connectivity index (χ3n) is 6.22. The molecular weight excluding hydrogens is 522 g/mol. The molecule has 1 atom stereocenters. The molecule has 0 unspecified atom stereocenters. The number of sulfonamides is 1. The van der Waals surface area contributed by atoms with Crippen molar-refractivity contribution in [1.29, 1.82) is 0 Å². The van der Waals surface area contributed by atoms with Crippen LogP contribution in [-0.4, -0.2) is 44.3 Å². The summed E-state index contributed by atoms with van der Waals surface area (Å²) in [5.41, 5.74) is 2.81. The Morgan fingerprint density at radius 3 is 2.29 bits per heavy atom. The molecule has 0 aliphatic heterocycles. The average molecular weight is 556 g/mol. The summed E-state index contributed by atoms with van der Waals surface area (Å²) in [4.78, 5) is 28.5. The van der Waals surface area contributed by atoms with Crippen molar-refractivity contribution < 1.29 is 18.0 Å². The number of anilines is 1. The van der Waals surface area contributed by atoms with Crippen LogP contribution < -0.4 is 9.62 Å². The van der Waals surface area contributed by atoms with Crippen molar-refractivity contribution >= 4 is 39.1 Å². The van der Waals surface area contributed by atoms with Gasteiger partial charge >= 0.3 is 0 Å². The molecule has 1 N–H and O–H groups in total. The van der Waals surface area contributed by atoms with Crippen molar-refractivity contribution in [3.8, 4) is 0 Å². The van der Waals surface area contributed by atoms with Gasteiger partial charge < -0.3 is 10.2 Å². The molecule has 3 aromatic carbocycles. The zero-order valence-electron chi connectivity index (χ0n) is 22.1. The number of carbonyl (C=O) groups excluding carboxylic acids is 2. The van der Waals surface area contributed by atoms with Gasteiger partial charge in [0.2, 0.25) is 11.8 Å². The molecule has 0 saturated heterocycles. The maximum Gasteiger partial charge on any atom is 0.264 e. The fraction of sp³-hybridized carbons (Fsp3) is 0.310. The van der Waals surface area contributed by atoms with Gasteiger partial charge in [-0.1, -0.05) is 72.6 Å². The number of likely N-dealkylation sites (N-methyl/N-ethyl adjacent to an activating group) is 1. The van der Waals surface area contributed by atoms with Gasteiger partial charge in [-0.3, -0.25) is 13.9 Å². The number of benzene rings is 3. The number of rotatable bonds is 11. The van der Waals surface area contributed by atoms with E-state index < -0.39 is 28.5 Å². The van der Waals surface area contributed by atoms with Gasteiger partial charge in [-0.15, -0.1) is 0 Å². The molecule has 0 bridgehead atoms. The molecule has 3 rings (SSSR count). The SMILES string of the molecule is CCNC(=O)[C@@H](CC)N(Cc1cccc(C)c1)C(=O)CN(c1cc(Cl)ccc1C)S(=O)(=O)c1ccccc1. The van der Waals surface area contributed by atoms with Crippen LogP contribution in [0.15, 0.2) is 77.7 Å². The van der Waals surface area contributed by atoms with Crippen LogP contribution in [-0.2, 0) is 26.2 Å². The Labute approximate surface area is 230 Å². The van der Waals surface area contributed by atoms with E-state index in [1.54, 1.807) is 37.3 Å². The standard InChI is InChI=1S/C29H34ClN3O4S/c1-5-26(29(35)31-6-2)32(19-23-12-10-11-21(3)17-23)28(34)20-33(27-18-24(30)16-15-22(27)4)38(36,37)25-13-8-7-9-14-25/h7-18,26H,5-6,19-20H2,1-4H3,(H,31,35)/t26-/m1/s1. The van der Waals surface area contributed by atoms with Crippen LogP contribution in [0, 0.1) is 13.8 Å². The first-order chi connectivity index (χ1) is 18.1. The Balaban J connectivity index is 2.09. The van der Waals surface area contributed by atoms with E-state index in [4.69, 9.17) is 11.6 Å². The second kappa shape index (κ2) is 12.9. The number of amides is 2. The van der Waals surface area contributed by atoms with Crippen LogP contribution in [0.2, 0.25) is 5.02 Å². The molecule has 0 aromatic heterocycles. The van der Waals surface area contributed by atoms with E-state index >= 15 is 0 Å². The van der Waals surface area contributed by atoms with E-state index in [-0.39, 0.29) is 17.3 Å². The lowest BCUT2D eigenvalue weighted by molar-refractivity contribution is -0.140. The first-order valence-electron chi connectivity index (χ1n) is 12.5. The molecule has 0 aliphatic carbocycles. The molecular formula is C29H34ClN3O4S. The fourth-order valence-electron chi connectivity index (χ4n) is 4.30. The zero-order chi connectivity index (χ0) is 27.9. The predicted molar refractivity (Wildman–Crippen MR) is 152 cm³/mol. The number of halogens is 1. The molecule has 7 nitrogen and oxygen atoms in total. The van der Waals surface area contributed by atoms with E-state index in [2.05, 4.69) is 5.32 Å². The highest BCUT2D eigenvalue weighted by Gasteiger charge is 2.34. The number of hydrogen-bond acceptors (Lipinski definition) is 4. The van der Waals surface area contributed by atoms with Crippen molar-refractivity contribution in [2.75, 3.05) is 17.4 Å². The topological polar surface area (TPSA) is 86.8 Å². The van der Waals surface area contributed by atoms with E-state index in [9.17, 15) is 18.0 Å². The molecule has 0 fully saturated rings. The Morgan fingerprint density at radius 2 is 1.66 bits per heavy atom. The van der Waals surface area contributed by atoms with Crippen LogP contribution in [0.1, 0.15) is 37.0 Å². The van der Waals surface area contributed by atoms with Gasteiger partial charge in [0.25, 0.3) is 10.0 Å². The van der Waals surface area contributed by atoms with E-state index in [1.807, 2.05) is 45.0 Å². The summed E-state index contributed by atoms with van der Waals surface area (Å²) in [5.74, 6) is -0.782. The van der Waals surface area contributed by atoms with E-state index in [1.165, 1.54) is 23.1 Å². The largest absolute Gasteiger partial charge is 0.355 e. The highest BCUT2D eigenvalue weighted by molar-refractivity contribution is 7.92. The average Bonchev–Trinajstić information content (AvgIpc) is 2.89. The Bertz CT molecular complexity index is 1380. The van der Waals surface area contributed by atoms with Crippen molar-refractivity contribution in [2.24, 2.45) is 0 Å². The van der Waals surface area contributed by atoms with Crippen molar-refractivity contribution in [1.82, 2.24) is 10.2 Å². The summed E-state index contributed by atoms with van der Waals surface area (Å²) in [6.07, 6.45) is 0.366. The number of aryl methyl sites for hydroxylation is 2. The highest BCUT2D eigenvalue weighted by Crippen LogP contribution is 2.30. The Hall–Kier alpha value is -3.36. The van der Waals surface area contributed by atoms with E-state index in [0.717, 1.165) is 15.4 Å². The third-order valence-corrected chi connectivity index (χ3v) is 8.23. The minimum atomic E-state index is -4.14. The van der Waals surface area contributed by atoms with Crippen molar-refractivity contribution in [3.63, 3.8) is 0 Å². The molecule has 0 spiro atoms. The molecule has 3 aromatic rings. The van der Waals surface area contributed by atoms with Gasteiger partial charge in [-0.2, -0.15) is 0 Å². The second-order valence-electron chi connectivity index (χ2n) is 9.08. The van der Waals surface area contributed by atoms with Gasteiger partial charge in [0.15, 0.2) is 0 Å². The first kappa shape index (κ1) is 29.2. The number of hydrogen-bond donors (Lipinski definition) is 1. The first-order valence-corrected chi connectivity index (χ1v) is 14.4. The predicted octanol–water partition coefficient (Wildman–Crippen LogP) is 5.10. The third kappa shape index (κ3) is 6.94.